The molecule has 6 nitrogen and oxygen atoms in total. The Labute approximate surface area is 167 Å². The van der Waals surface area contributed by atoms with Crippen molar-refractivity contribution in [1.82, 2.24) is 5.32 Å². The predicted molar refractivity (Wildman–Crippen MR) is 113 cm³/mol. The van der Waals surface area contributed by atoms with Crippen LogP contribution in [-0.2, 0) is 23.3 Å². The van der Waals surface area contributed by atoms with E-state index in [9.17, 15) is 0 Å². The molecule has 0 aliphatic heterocycles. The van der Waals surface area contributed by atoms with Gasteiger partial charge in [0.05, 0.1) is 6.61 Å². The summed E-state index contributed by atoms with van der Waals surface area (Å²) in [5, 5.41) is 7.26. The predicted octanol–water partition coefficient (Wildman–Crippen LogP) is 4.40. The number of azide groups is 1. The first kappa shape index (κ1) is 20.2. The Bertz CT molecular complexity index is 814. The lowest BCUT2D eigenvalue weighted by atomic mass is 10.0. The maximum Gasteiger partial charge on any atom is 0.145 e. The molecule has 1 unspecified atom stereocenters. The summed E-state index contributed by atoms with van der Waals surface area (Å²) in [5.74, 6) is 0. The fraction of sp³-hybridized carbons (Fsp3) is 0.455. The van der Waals surface area contributed by atoms with Crippen molar-refractivity contribution in [3.63, 3.8) is 0 Å². The number of hydrogen-bond acceptors (Lipinski definition) is 4. The zero-order valence-corrected chi connectivity index (χ0v) is 16.8. The molecule has 0 bridgehead atoms. The van der Waals surface area contributed by atoms with E-state index in [0.29, 0.717) is 13.2 Å². The van der Waals surface area contributed by atoms with Crippen molar-refractivity contribution in [3.8, 4) is 0 Å². The average Bonchev–Trinajstić information content (AvgIpc) is 3.08. The van der Waals surface area contributed by atoms with E-state index >= 15 is 0 Å². The molecule has 0 fully saturated rings. The Morgan fingerprint density at radius 2 is 1.96 bits per heavy atom. The van der Waals surface area contributed by atoms with Gasteiger partial charge in [0.25, 0.3) is 0 Å². The van der Waals surface area contributed by atoms with Crippen LogP contribution in [0, 0.1) is 0 Å². The number of aryl methyl sites for hydroxylation is 2. The Morgan fingerprint density at radius 1 is 1.18 bits per heavy atom. The first-order valence-corrected chi connectivity index (χ1v) is 9.89. The molecule has 0 saturated heterocycles. The second-order valence-corrected chi connectivity index (χ2v) is 7.38. The van der Waals surface area contributed by atoms with Crippen LogP contribution in [0.4, 0.5) is 5.69 Å². The molecule has 0 aromatic heterocycles. The quantitative estimate of drug-likeness (QED) is 0.219. The SMILES string of the molecule is CN(C)c1ccc(CCCNC2(OCCN=[N+]=[N-])CCc3ccccc32)cc1. The second kappa shape index (κ2) is 9.60. The number of nitrogens with one attached hydrogen (secondary N) is 1. The van der Waals surface area contributed by atoms with E-state index in [1.54, 1.807) is 0 Å². The van der Waals surface area contributed by atoms with Gasteiger partial charge in [0.2, 0.25) is 0 Å². The molecule has 0 heterocycles. The van der Waals surface area contributed by atoms with E-state index < -0.39 is 5.72 Å². The summed E-state index contributed by atoms with van der Waals surface area (Å²) in [6, 6.07) is 17.2. The number of nitrogens with zero attached hydrogens (tertiary/aromatic N) is 4. The molecule has 0 radical (unpaired) electrons. The van der Waals surface area contributed by atoms with Crippen molar-refractivity contribution in [2.24, 2.45) is 5.11 Å². The molecule has 1 atom stereocenters. The number of rotatable bonds is 10. The highest BCUT2D eigenvalue weighted by molar-refractivity contribution is 5.46. The molecule has 2 aromatic carbocycles. The maximum atomic E-state index is 8.49. The van der Waals surface area contributed by atoms with E-state index in [0.717, 1.165) is 32.2 Å². The van der Waals surface area contributed by atoms with Crippen LogP contribution in [0.5, 0.6) is 0 Å². The summed E-state index contributed by atoms with van der Waals surface area (Å²) in [6.07, 6.45) is 3.96. The standard InChI is InChI=1S/C22H29N5O/c1-27(2)20-11-9-18(10-12-20)6-5-15-24-22(28-17-16-25-26-23)14-13-19-7-3-4-8-21(19)22/h3-4,7-12,24H,5-6,13-17H2,1-2H3. The maximum absolute atomic E-state index is 8.49. The van der Waals surface area contributed by atoms with Crippen molar-refractivity contribution in [2.75, 3.05) is 38.7 Å². The van der Waals surface area contributed by atoms with Crippen LogP contribution in [0.1, 0.15) is 29.5 Å². The Morgan fingerprint density at radius 3 is 2.71 bits per heavy atom. The van der Waals surface area contributed by atoms with Gasteiger partial charge in [0.15, 0.2) is 0 Å². The molecule has 28 heavy (non-hydrogen) atoms. The summed E-state index contributed by atoms with van der Waals surface area (Å²) < 4.78 is 6.23. The van der Waals surface area contributed by atoms with Gasteiger partial charge in [-0.05, 0) is 61.0 Å². The average molecular weight is 380 g/mol. The van der Waals surface area contributed by atoms with Crippen LogP contribution >= 0.6 is 0 Å². The largest absolute Gasteiger partial charge is 0.378 e. The summed E-state index contributed by atoms with van der Waals surface area (Å²) in [6.45, 7) is 1.63. The monoisotopic (exact) mass is 379 g/mol. The van der Waals surface area contributed by atoms with Gasteiger partial charge in [-0.15, -0.1) is 0 Å². The van der Waals surface area contributed by atoms with E-state index in [1.807, 2.05) is 0 Å². The Hall–Kier alpha value is -2.53. The summed E-state index contributed by atoms with van der Waals surface area (Å²) in [4.78, 5) is 4.93. The second-order valence-electron chi connectivity index (χ2n) is 7.38. The van der Waals surface area contributed by atoms with Crippen molar-refractivity contribution < 1.29 is 4.74 Å². The zero-order valence-electron chi connectivity index (χ0n) is 16.8. The molecule has 1 aliphatic carbocycles. The number of ether oxygens (including phenoxy) is 1. The minimum absolute atomic E-state index is 0.348. The molecular formula is C22H29N5O. The molecule has 0 spiro atoms. The lowest BCUT2D eigenvalue weighted by Gasteiger charge is -2.32. The summed E-state index contributed by atoms with van der Waals surface area (Å²) in [7, 11) is 4.11. The third-order valence-corrected chi connectivity index (χ3v) is 5.31. The first-order valence-electron chi connectivity index (χ1n) is 9.89. The van der Waals surface area contributed by atoms with Gasteiger partial charge >= 0.3 is 0 Å². The first-order chi connectivity index (χ1) is 13.6. The Kier molecular flexibility index (Phi) is 6.93. The highest BCUT2D eigenvalue weighted by Gasteiger charge is 2.38. The topological polar surface area (TPSA) is 73.3 Å². The molecule has 148 valence electrons. The van der Waals surface area contributed by atoms with E-state index in [2.05, 4.69) is 82.9 Å². The van der Waals surface area contributed by atoms with Crippen LogP contribution in [0.2, 0.25) is 0 Å². The molecule has 3 rings (SSSR count). The molecule has 6 heteroatoms. The zero-order chi connectivity index (χ0) is 19.8. The molecule has 1 aliphatic rings. The van der Waals surface area contributed by atoms with Gasteiger partial charge in [0.1, 0.15) is 5.72 Å². The smallest absolute Gasteiger partial charge is 0.145 e. The van der Waals surface area contributed by atoms with Gasteiger partial charge in [-0.3, -0.25) is 5.32 Å². The summed E-state index contributed by atoms with van der Waals surface area (Å²) >= 11 is 0. The normalized spacial score (nSPS) is 17.8. The van der Waals surface area contributed by atoms with Crippen molar-refractivity contribution >= 4 is 5.69 Å². The van der Waals surface area contributed by atoms with Crippen molar-refractivity contribution in [1.29, 1.82) is 0 Å². The molecule has 0 saturated carbocycles. The van der Waals surface area contributed by atoms with Crippen LogP contribution in [0.3, 0.4) is 0 Å². The minimum Gasteiger partial charge on any atom is -0.378 e. The molecule has 2 aromatic rings. The molecule has 0 amide bonds. The van der Waals surface area contributed by atoms with Crippen LogP contribution in [-0.4, -0.2) is 33.8 Å². The Balaban J connectivity index is 1.58. The number of hydrogen-bond donors (Lipinski definition) is 1. The third kappa shape index (κ3) is 4.84. The van der Waals surface area contributed by atoms with Gasteiger partial charge in [-0.25, -0.2) is 0 Å². The van der Waals surface area contributed by atoms with Gasteiger partial charge in [-0.1, -0.05) is 41.5 Å². The fourth-order valence-corrected chi connectivity index (χ4v) is 3.81. The summed E-state index contributed by atoms with van der Waals surface area (Å²) in [5.41, 5.74) is 13.1. The van der Waals surface area contributed by atoms with Crippen LogP contribution in [0.25, 0.3) is 10.4 Å². The molecule has 1 N–H and O–H groups in total. The highest BCUT2D eigenvalue weighted by atomic mass is 16.5. The van der Waals surface area contributed by atoms with Crippen LogP contribution < -0.4 is 10.2 Å². The van der Waals surface area contributed by atoms with E-state index in [-0.39, 0.29) is 0 Å². The van der Waals surface area contributed by atoms with E-state index in [1.165, 1.54) is 22.4 Å². The number of anilines is 1. The van der Waals surface area contributed by atoms with Crippen LogP contribution in [0.15, 0.2) is 53.6 Å². The van der Waals surface area contributed by atoms with Gasteiger partial charge < -0.3 is 9.64 Å². The van der Waals surface area contributed by atoms with Gasteiger partial charge in [-0.2, -0.15) is 0 Å². The third-order valence-electron chi connectivity index (χ3n) is 5.31. The van der Waals surface area contributed by atoms with Gasteiger partial charge in [0, 0.05) is 36.8 Å². The van der Waals surface area contributed by atoms with E-state index in [4.69, 9.17) is 10.3 Å². The lowest BCUT2D eigenvalue weighted by molar-refractivity contribution is -0.0722. The lowest BCUT2D eigenvalue weighted by Crippen LogP contribution is -2.44. The van der Waals surface area contributed by atoms with Crippen molar-refractivity contribution in [3.05, 3.63) is 75.7 Å². The molecular weight excluding hydrogens is 350 g/mol. The minimum atomic E-state index is -0.476. The fourth-order valence-electron chi connectivity index (χ4n) is 3.81. The number of fused-ring (bicyclic) bond motifs is 1. The number of benzene rings is 2. The van der Waals surface area contributed by atoms with Crippen molar-refractivity contribution in [2.45, 2.75) is 31.4 Å². The highest BCUT2D eigenvalue weighted by Crippen LogP contribution is 2.37.